The van der Waals surface area contributed by atoms with Gasteiger partial charge in [0.2, 0.25) is 5.91 Å². The fourth-order valence-corrected chi connectivity index (χ4v) is 4.25. The van der Waals surface area contributed by atoms with E-state index in [2.05, 4.69) is 24.8 Å². The van der Waals surface area contributed by atoms with Crippen LogP contribution in [-0.2, 0) is 15.7 Å². The van der Waals surface area contributed by atoms with E-state index in [4.69, 9.17) is 10.5 Å². The Bertz CT molecular complexity index is 1260. The molecule has 3 aromatic rings. The van der Waals surface area contributed by atoms with Crippen molar-refractivity contribution in [2.75, 3.05) is 45.9 Å². The number of benzene rings is 1. The number of nitrogens with two attached hydrogens (primary N) is 1. The number of fused-ring (bicyclic) bond motifs is 1. The number of amides is 2. The summed E-state index contributed by atoms with van der Waals surface area (Å²) in [5.74, 6) is -2.98. The molecule has 1 fully saturated rings. The van der Waals surface area contributed by atoms with E-state index in [1.807, 2.05) is 6.92 Å². The van der Waals surface area contributed by atoms with Gasteiger partial charge < -0.3 is 20.4 Å². The number of morpholine rings is 1. The molecule has 37 heavy (non-hydrogen) atoms. The third-order valence-corrected chi connectivity index (χ3v) is 6.20. The minimum atomic E-state index is -4.71. The summed E-state index contributed by atoms with van der Waals surface area (Å²) < 4.78 is 44.7. The van der Waals surface area contributed by atoms with Gasteiger partial charge in [-0.25, -0.2) is 15.0 Å². The maximum Gasteiger partial charge on any atom is 0.433 e. The fraction of sp³-hybridized carbons (Fsp3) is 0.458. The summed E-state index contributed by atoms with van der Waals surface area (Å²) in [5, 5.41) is 0. The molecular formula is C24H28F3N7O3. The molecular weight excluding hydrogens is 491 g/mol. The van der Waals surface area contributed by atoms with E-state index < -0.39 is 29.5 Å². The molecule has 13 heteroatoms. The van der Waals surface area contributed by atoms with E-state index in [9.17, 15) is 22.8 Å². The molecule has 1 unspecified atom stereocenters. The lowest BCUT2D eigenvalue weighted by Gasteiger charge is -2.28. The maximum absolute atomic E-state index is 13.2. The quantitative estimate of drug-likeness (QED) is 0.443. The van der Waals surface area contributed by atoms with Crippen molar-refractivity contribution >= 4 is 22.8 Å². The highest BCUT2D eigenvalue weighted by molar-refractivity contribution is 5.97. The normalized spacial score (nSPS) is 15.6. The number of hydrogen-bond donors (Lipinski definition) is 2. The smallest absolute Gasteiger partial charge is 0.379 e. The number of ether oxygens (including phenoxy) is 1. The number of aromatic nitrogens is 4. The van der Waals surface area contributed by atoms with Gasteiger partial charge in [-0.15, -0.1) is 0 Å². The fourth-order valence-electron chi connectivity index (χ4n) is 4.25. The van der Waals surface area contributed by atoms with Crippen LogP contribution in [0.4, 0.5) is 13.2 Å². The highest BCUT2D eigenvalue weighted by atomic mass is 19.4. The highest BCUT2D eigenvalue weighted by Crippen LogP contribution is 2.29. The molecule has 0 spiro atoms. The third-order valence-electron chi connectivity index (χ3n) is 6.20. The monoisotopic (exact) mass is 519 g/mol. The number of halogens is 3. The van der Waals surface area contributed by atoms with Crippen molar-refractivity contribution in [3.63, 3.8) is 0 Å². The maximum atomic E-state index is 13.2. The Balaban J connectivity index is 1.52. The predicted octanol–water partition coefficient (Wildman–Crippen LogP) is 2.17. The van der Waals surface area contributed by atoms with Crippen molar-refractivity contribution in [3.8, 4) is 0 Å². The SMILES string of the molecule is CCN(CCCN1CCOCC1)C(=O)c1ccc2nc(C(C(N)=O)c3nccc(C(F)(F)F)n3)[nH]c2c1. The molecule has 3 N–H and O–H groups in total. The number of carbonyl (C=O) groups is 2. The standard InChI is InChI=1S/C24H28F3N7O3/c1-2-34(9-3-8-33-10-12-37-13-11-33)23(36)15-4-5-16-17(14-15)31-22(30-16)19(20(28)35)21-29-7-6-18(32-21)24(25,26)27/h4-7,14,19H,2-3,8-13H2,1H3,(H2,28,35)(H,30,31). The first-order valence-electron chi connectivity index (χ1n) is 12.0. The zero-order chi connectivity index (χ0) is 26.6. The molecule has 1 atom stereocenters. The average molecular weight is 520 g/mol. The predicted molar refractivity (Wildman–Crippen MR) is 128 cm³/mol. The van der Waals surface area contributed by atoms with Gasteiger partial charge >= 0.3 is 6.18 Å². The Morgan fingerprint density at radius 2 is 1.97 bits per heavy atom. The van der Waals surface area contributed by atoms with Gasteiger partial charge in [-0.2, -0.15) is 13.2 Å². The van der Waals surface area contributed by atoms with Crippen LogP contribution in [-0.4, -0.2) is 87.5 Å². The Kier molecular flexibility index (Phi) is 8.03. The van der Waals surface area contributed by atoms with Gasteiger partial charge in [0.1, 0.15) is 17.3 Å². The number of H-pyrrole nitrogens is 1. The molecule has 1 aromatic carbocycles. The summed E-state index contributed by atoms with van der Waals surface area (Å²) in [6, 6.07) is 5.54. The first-order chi connectivity index (χ1) is 17.7. The van der Waals surface area contributed by atoms with Crippen molar-refractivity contribution in [2.24, 2.45) is 5.73 Å². The van der Waals surface area contributed by atoms with Crippen LogP contribution in [0.5, 0.6) is 0 Å². The van der Waals surface area contributed by atoms with E-state index >= 15 is 0 Å². The van der Waals surface area contributed by atoms with Crippen molar-refractivity contribution in [1.82, 2.24) is 29.7 Å². The lowest BCUT2D eigenvalue weighted by atomic mass is 10.1. The number of alkyl halides is 3. The summed E-state index contributed by atoms with van der Waals surface area (Å²) in [5.41, 5.74) is 5.56. The van der Waals surface area contributed by atoms with Crippen LogP contribution in [0.2, 0.25) is 0 Å². The Hall–Kier alpha value is -3.58. The second kappa shape index (κ2) is 11.2. The number of primary amides is 1. The lowest BCUT2D eigenvalue weighted by Crippen LogP contribution is -2.39. The molecule has 0 saturated carbocycles. The van der Waals surface area contributed by atoms with Gasteiger partial charge in [0.05, 0.1) is 24.2 Å². The molecule has 0 radical (unpaired) electrons. The van der Waals surface area contributed by atoms with Gasteiger partial charge in [0.25, 0.3) is 5.91 Å². The second-order valence-corrected chi connectivity index (χ2v) is 8.68. The van der Waals surface area contributed by atoms with Gasteiger partial charge in [-0.3, -0.25) is 14.5 Å². The minimum absolute atomic E-state index is 0.00992. The number of carbonyl (C=O) groups excluding carboxylic acids is 2. The van der Waals surface area contributed by atoms with Gasteiger partial charge in [0, 0.05) is 44.5 Å². The summed E-state index contributed by atoms with van der Waals surface area (Å²) in [4.78, 5) is 43.9. The van der Waals surface area contributed by atoms with Gasteiger partial charge in [0.15, 0.2) is 5.92 Å². The van der Waals surface area contributed by atoms with Crippen LogP contribution in [0.1, 0.15) is 47.0 Å². The van der Waals surface area contributed by atoms with Crippen molar-refractivity contribution < 1.29 is 27.5 Å². The Morgan fingerprint density at radius 3 is 2.65 bits per heavy atom. The third kappa shape index (κ3) is 6.23. The molecule has 0 aliphatic carbocycles. The number of nitrogens with one attached hydrogen (secondary N) is 1. The number of nitrogens with zero attached hydrogens (tertiary/aromatic N) is 5. The first kappa shape index (κ1) is 26.5. The zero-order valence-electron chi connectivity index (χ0n) is 20.3. The van der Waals surface area contributed by atoms with E-state index in [0.717, 1.165) is 45.5 Å². The van der Waals surface area contributed by atoms with Crippen LogP contribution in [0.3, 0.4) is 0 Å². The van der Waals surface area contributed by atoms with Gasteiger partial charge in [-0.05, 0) is 37.6 Å². The Morgan fingerprint density at radius 1 is 1.22 bits per heavy atom. The molecule has 2 amide bonds. The molecule has 4 rings (SSSR count). The van der Waals surface area contributed by atoms with Crippen molar-refractivity contribution in [2.45, 2.75) is 25.4 Å². The van der Waals surface area contributed by atoms with Crippen LogP contribution in [0.25, 0.3) is 11.0 Å². The number of rotatable bonds is 9. The van der Waals surface area contributed by atoms with Crippen LogP contribution in [0.15, 0.2) is 30.5 Å². The first-order valence-corrected chi connectivity index (χ1v) is 12.0. The second-order valence-electron chi connectivity index (χ2n) is 8.68. The van der Waals surface area contributed by atoms with E-state index in [-0.39, 0.29) is 11.7 Å². The molecule has 1 saturated heterocycles. The summed E-state index contributed by atoms with van der Waals surface area (Å²) in [6.07, 6.45) is -2.97. The number of imidazole rings is 1. The molecule has 1 aliphatic heterocycles. The van der Waals surface area contributed by atoms with Crippen molar-refractivity contribution in [3.05, 3.63) is 53.4 Å². The molecule has 2 aromatic heterocycles. The minimum Gasteiger partial charge on any atom is -0.379 e. The van der Waals surface area contributed by atoms with E-state index in [1.165, 1.54) is 0 Å². The lowest BCUT2D eigenvalue weighted by molar-refractivity contribution is -0.141. The molecule has 3 heterocycles. The van der Waals surface area contributed by atoms with Crippen molar-refractivity contribution in [1.29, 1.82) is 0 Å². The summed E-state index contributed by atoms with van der Waals surface area (Å²) in [6.45, 7) is 7.13. The van der Waals surface area contributed by atoms with E-state index in [1.54, 1.807) is 23.1 Å². The van der Waals surface area contributed by atoms with Crippen LogP contribution >= 0.6 is 0 Å². The molecule has 198 valence electrons. The van der Waals surface area contributed by atoms with E-state index in [0.29, 0.717) is 35.8 Å². The topological polar surface area (TPSA) is 130 Å². The van der Waals surface area contributed by atoms with Crippen LogP contribution in [0, 0.1) is 0 Å². The zero-order valence-corrected chi connectivity index (χ0v) is 20.3. The average Bonchev–Trinajstić information content (AvgIpc) is 3.29. The largest absolute Gasteiger partial charge is 0.433 e. The van der Waals surface area contributed by atoms with Gasteiger partial charge in [-0.1, -0.05) is 0 Å². The number of aromatic amines is 1. The highest BCUT2D eigenvalue weighted by Gasteiger charge is 2.35. The molecule has 10 nitrogen and oxygen atoms in total. The molecule has 1 aliphatic rings. The summed E-state index contributed by atoms with van der Waals surface area (Å²) >= 11 is 0. The number of hydrogen-bond acceptors (Lipinski definition) is 7. The summed E-state index contributed by atoms with van der Waals surface area (Å²) in [7, 11) is 0. The van der Waals surface area contributed by atoms with Crippen LogP contribution < -0.4 is 5.73 Å². The molecule has 0 bridgehead atoms. The Labute approximate surface area is 211 Å².